The molecule has 0 radical (unpaired) electrons. The SMILES string of the molecule is CCCCCCCC1(OC(=O)C(C)OCCCC)C=CC(N=Nc2ccccc2)C=C1. The molecule has 0 bridgehead atoms. The van der Waals surface area contributed by atoms with Gasteiger partial charge in [-0.1, -0.05) is 76.3 Å². The average Bonchev–Trinajstić information content (AvgIpc) is 2.79. The summed E-state index contributed by atoms with van der Waals surface area (Å²) in [5.41, 5.74) is 0.0892. The summed E-state index contributed by atoms with van der Waals surface area (Å²) in [7, 11) is 0. The number of benzene rings is 1. The van der Waals surface area contributed by atoms with E-state index in [2.05, 4.69) is 24.1 Å². The third kappa shape index (κ3) is 9.18. The lowest BCUT2D eigenvalue weighted by atomic mass is 9.90. The number of hydrogen-bond donors (Lipinski definition) is 0. The van der Waals surface area contributed by atoms with Crippen molar-refractivity contribution in [1.29, 1.82) is 0 Å². The van der Waals surface area contributed by atoms with Gasteiger partial charge in [0.2, 0.25) is 0 Å². The van der Waals surface area contributed by atoms with Crippen molar-refractivity contribution in [3.63, 3.8) is 0 Å². The Bertz CT molecular complexity index is 713. The molecular weight excluding hydrogens is 388 g/mol. The summed E-state index contributed by atoms with van der Waals surface area (Å²) in [4.78, 5) is 12.7. The third-order valence-corrected chi connectivity index (χ3v) is 5.37. The molecule has 0 aliphatic heterocycles. The fourth-order valence-corrected chi connectivity index (χ4v) is 3.38. The van der Waals surface area contributed by atoms with Crippen molar-refractivity contribution in [2.45, 2.75) is 89.9 Å². The fourth-order valence-electron chi connectivity index (χ4n) is 3.38. The number of carbonyl (C=O) groups is 1. The Hall–Kier alpha value is -2.27. The van der Waals surface area contributed by atoms with Crippen molar-refractivity contribution < 1.29 is 14.3 Å². The van der Waals surface area contributed by atoms with Gasteiger partial charge in [-0.05, 0) is 50.5 Å². The third-order valence-electron chi connectivity index (χ3n) is 5.37. The van der Waals surface area contributed by atoms with Crippen LogP contribution in [0.5, 0.6) is 0 Å². The van der Waals surface area contributed by atoms with Crippen LogP contribution in [0.25, 0.3) is 0 Å². The van der Waals surface area contributed by atoms with Crippen molar-refractivity contribution in [1.82, 2.24) is 0 Å². The average molecular weight is 427 g/mol. The minimum Gasteiger partial charge on any atom is -0.449 e. The van der Waals surface area contributed by atoms with Crippen molar-refractivity contribution >= 4 is 11.7 Å². The normalized spacial score (nSPS) is 21.5. The van der Waals surface area contributed by atoms with E-state index in [1.165, 1.54) is 19.3 Å². The maximum absolute atomic E-state index is 12.7. The summed E-state index contributed by atoms with van der Waals surface area (Å²) >= 11 is 0. The van der Waals surface area contributed by atoms with E-state index in [4.69, 9.17) is 9.47 Å². The maximum Gasteiger partial charge on any atom is 0.336 e. The Kier molecular flexibility index (Phi) is 11.2. The topological polar surface area (TPSA) is 60.2 Å². The van der Waals surface area contributed by atoms with E-state index in [1.54, 1.807) is 6.92 Å². The highest BCUT2D eigenvalue weighted by Gasteiger charge is 2.33. The summed E-state index contributed by atoms with van der Waals surface area (Å²) < 4.78 is 11.6. The summed E-state index contributed by atoms with van der Waals surface area (Å²) in [6.07, 6.45) is 15.8. The number of esters is 1. The molecule has 0 saturated heterocycles. The molecule has 1 atom stereocenters. The van der Waals surface area contributed by atoms with Crippen molar-refractivity contribution in [3.05, 3.63) is 54.6 Å². The van der Waals surface area contributed by atoms with Crippen LogP contribution < -0.4 is 0 Å². The first-order valence-electron chi connectivity index (χ1n) is 11.8. The Morgan fingerprint density at radius 1 is 1.00 bits per heavy atom. The van der Waals surface area contributed by atoms with Crippen LogP contribution in [0.3, 0.4) is 0 Å². The smallest absolute Gasteiger partial charge is 0.336 e. The van der Waals surface area contributed by atoms with Gasteiger partial charge in [0.25, 0.3) is 0 Å². The number of nitrogens with zero attached hydrogens (tertiary/aromatic N) is 2. The van der Waals surface area contributed by atoms with E-state index >= 15 is 0 Å². The second-order valence-corrected chi connectivity index (χ2v) is 8.17. The van der Waals surface area contributed by atoms with Gasteiger partial charge in [0, 0.05) is 6.61 Å². The lowest BCUT2D eigenvalue weighted by Crippen LogP contribution is -2.37. The van der Waals surface area contributed by atoms with Gasteiger partial charge in [0.15, 0.2) is 6.10 Å². The fraction of sp³-hybridized carbons (Fsp3) is 0.577. The van der Waals surface area contributed by atoms with Crippen LogP contribution in [-0.2, 0) is 14.3 Å². The second-order valence-electron chi connectivity index (χ2n) is 8.17. The van der Waals surface area contributed by atoms with Gasteiger partial charge in [-0.2, -0.15) is 10.2 Å². The second kappa shape index (κ2) is 13.9. The summed E-state index contributed by atoms with van der Waals surface area (Å²) in [6, 6.07) is 9.51. The summed E-state index contributed by atoms with van der Waals surface area (Å²) in [6.45, 7) is 6.65. The van der Waals surface area contributed by atoms with E-state index in [9.17, 15) is 4.79 Å². The largest absolute Gasteiger partial charge is 0.449 e. The molecule has 5 nitrogen and oxygen atoms in total. The van der Waals surface area contributed by atoms with Gasteiger partial charge in [0.05, 0.1) is 5.69 Å². The molecular formula is C26H38N2O3. The molecule has 0 heterocycles. The zero-order valence-electron chi connectivity index (χ0n) is 19.3. The van der Waals surface area contributed by atoms with E-state index < -0.39 is 11.7 Å². The van der Waals surface area contributed by atoms with Gasteiger partial charge in [-0.25, -0.2) is 4.79 Å². The van der Waals surface area contributed by atoms with Crippen molar-refractivity contribution in [2.24, 2.45) is 10.2 Å². The standard InChI is InChI=1S/C26H38N2O3/c1-4-6-8-9-13-18-26(31-25(29)22(3)30-21-7-5-2)19-16-24(17-20-26)28-27-23-14-11-10-12-15-23/h10-12,14-17,19-20,22,24H,4-9,13,18,21H2,1-3H3. The highest BCUT2D eigenvalue weighted by atomic mass is 16.6. The van der Waals surface area contributed by atoms with Crippen LogP contribution in [-0.4, -0.2) is 30.3 Å². The van der Waals surface area contributed by atoms with Crippen LogP contribution in [0.2, 0.25) is 0 Å². The summed E-state index contributed by atoms with van der Waals surface area (Å²) in [5, 5.41) is 8.69. The summed E-state index contributed by atoms with van der Waals surface area (Å²) in [5.74, 6) is -0.316. The lowest BCUT2D eigenvalue weighted by molar-refractivity contribution is -0.164. The molecule has 1 unspecified atom stereocenters. The Balaban J connectivity index is 2.00. The first kappa shape index (κ1) is 25.0. The zero-order valence-corrected chi connectivity index (χ0v) is 19.3. The van der Waals surface area contributed by atoms with Gasteiger partial charge in [0.1, 0.15) is 11.6 Å². The van der Waals surface area contributed by atoms with Gasteiger partial charge < -0.3 is 9.47 Å². The van der Waals surface area contributed by atoms with E-state index in [0.29, 0.717) is 6.61 Å². The van der Waals surface area contributed by atoms with Crippen molar-refractivity contribution in [3.8, 4) is 0 Å². The monoisotopic (exact) mass is 426 g/mol. The lowest BCUT2D eigenvalue weighted by Gasteiger charge is -2.31. The molecule has 5 heteroatoms. The minimum atomic E-state index is -0.732. The number of rotatable bonds is 14. The predicted molar refractivity (Wildman–Crippen MR) is 126 cm³/mol. The first-order valence-corrected chi connectivity index (χ1v) is 11.8. The predicted octanol–water partition coefficient (Wildman–Crippen LogP) is 7.11. The Morgan fingerprint density at radius 3 is 2.35 bits per heavy atom. The number of azo groups is 1. The highest BCUT2D eigenvalue weighted by molar-refractivity contribution is 5.75. The van der Waals surface area contributed by atoms with Crippen LogP contribution in [0.1, 0.15) is 72.1 Å². The molecule has 1 aromatic carbocycles. The minimum absolute atomic E-state index is 0.162. The molecule has 1 aliphatic carbocycles. The van der Waals surface area contributed by atoms with E-state index in [-0.39, 0.29) is 12.0 Å². The molecule has 31 heavy (non-hydrogen) atoms. The molecule has 170 valence electrons. The number of hydrogen-bond acceptors (Lipinski definition) is 5. The molecule has 0 aromatic heterocycles. The van der Waals surface area contributed by atoms with Crippen molar-refractivity contribution in [2.75, 3.05) is 6.61 Å². The molecule has 0 N–H and O–H groups in total. The molecule has 0 amide bonds. The molecule has 1 aliphatic rings. The Labute approximate surface area is 187 Å². The van der Waals surface area contributed by atoms with Gasteiger partial charge in [-0.15, -0.1) is 0 Å². The van der Waals surface area contributed by atoms with Crippen LogP contribution >= 0.6 is 0 Å². The first-order chi connectivity index (χ1) is 15.1. The van der Waals surface area contributed by atoms with Gasteiger partial charge >= 0.3 is 5.97 Å². The van der Waals surface area contributed by atoms with Gasteiger partial charge in [-0.3, -0.25) is 0 Å². The van der Waals surface area contributed by atoms with Crippen LogP contribution in [0, 0.1) is 0 Å². The van der Waals surface area contributed by atoms with Crippen LogP contribution in [0.4, 0.5) is 5.69 Å². The maximum atomic E-state index is 12.7. The van der Waals surface area contributed by atoms with E-state index in [1.807, 2.05) is 54.6 Å². The zero-order chi connectivity index (χ0) is 22.4. The number of ether oxygens (including phenoxy) is 2. The molecule has 0 spiro atoms. The molecule has 0 fully saturated rings. The molecule has 1 aromatic rings. The highest BCUT2D eigenvalue weighted by Crippen LogP contribution is 2.29. The molecule has 0 saturated carbocycles. The Morgan fingerprint density at radius 2 is 1.68 bits per heavy atom. The number of unbranched alkanes of at least 4 members (excludes halogenated alkanes) is 5. The number of carbonyl (C=O) groups excluding carboxylic acids is 1. The van der Waals surface area contributed by atoms with Crippen LogP contribution in [0.15, 0.2) is 64.9 Å². The molecule has 2 rings (SSSR count). The quantitative estimate of drug-likeness (QED) is 0.138. The van der Waals surface area contributed by atoms with E-state index in [0.717, 1.165) is 37.8 Å².